The number of rotatable bonds is 4. The third-order valence-corrected chi connectivity index (χ3v) is 4.85. The van der Waals surface area contributed by atoms with Crippen molar-refractivity contribution in [3.8, 4) is 0 Å². The largest absolute Gasteiger partial charge is 0.358 e. The van der Waals surface area contributed by atoms with E-state index in [1.165, 1.54) is 16.3 Å². The monoisotopic (exact) mass is 311 g/mol. The summed E-state index contributed by atoms with van der Waals surface area (Å²) in [4.78, 5) is 16.5. The lowest BCUT2D eigenvalue weighted by atomic mass is 10.0. The first-order valence-corrected chi connectivity index (χ1v) is 8.33. The third-order valence-electron chi connectivity index (χ3n) is 4.85. The number of carbonyl (C=O) groups excluding carboxylic acids is 1. The second kappa shape index (κ2) is 7.11. The maximum Gasteiger partial charge on any atom is 0.236 e. The Kier molecular flexibility index (Phi) is 4.94. The minimum Gasteiger partial charge on any atom is -0.358 e. The number of nitrogens with one attached hydrogen (secondary N) is 1. The highest BCUT2D eigenvalue weighted by Crippen LogP contribution is 2.20. The standard InChI is InChI=1S/C19H25N3O/c1-15(19(23)20-2)22-12-10-21(11-13-22)14-17-8-5-7-16-6-3-4-9-18(16)17/h3-9,15H,10-14H2,1-2H3,(H,20,23)/t15-/m1/s1. The van der Waals surface area contributed by atoms with Gasteiger partial charge in [0.05, 0.1) is 6.04 Å². The lowest BCUT2D eigenvalue weighted by molar-refractivity contribution is -0.126. The lowest BCUT2D eigenvalue weighted by Gasteiger charge is -2.37. The van der Waals surface area contributed by atoms with Crippen LogP contribution >= 0.6 is 0 Å². The fourth-order valence-corrected chi connectivity index (χ4v) is 3.35. The van der Waals surface area contributed by atoms with Crippen LogP contribution in [0, 0.1) is 0 Å². The number of carbonyl (C=O) groups is 1. The van der Waals surface area contributed by atoms with Crippen LogP contribution in [0.25, 0.3) is 10.8 Å². The molecule has 3 rings (SSSR count). The number of hydrogen-bond acceptors (Lipinski definition) is 3. The highest BCUT2D eigenvalue weighted by molar-refractivity contribution is 5.85. The van der Waals surface area contributed by atoms with Crippen LogP contribution in [0.2, 0.25) is 0 Å². The number of amides is 1. The number of likely N-dealkylation sites (N-methyl/N-ethyl adjacent to an activating group) is 1. The summed E-state index contributed by atoms with van der Waals surface area (Å²) >= 11 is 0. The number of benzene rings is 2. The summed E-state index contributed by atoms with van der Waals surface area (Å²) in [6.07, 6.45) is 0. The molecule has 4 heteroatoms. The molecule has 2 aromatic rings. The van der Waals surface area contributed by atoms with E-state index in [2.05, 4.69) is 57.6 Å². The van der Waals surface area contributed by atoms with Crippen molar-refractivity contribution >= 4 is 16.7 Å². The van der Waals surface area contributed by atoms with E-state index in [-0.39, 0.29) is 11.9 Å². The highest BCUT2D eigenvalue weighted by atomic mass is 16.2. The highest BCUT2D eigenvalue weighted by Gasteiger charge is 2.24. The second-order valence-corrected chi connectivity index (χ2v) is 6.24. The van der Waals surface area contributed by atoms with Gasteiger partial charge >= 0.3 is 0 Å². The molecule has 4 nitrogen and oxygen atoms in total. The Morgan fingerprint density at radius 2 is 1.78 bits per heavy atom. The Balaban J connectivity index is 1.63. The van der Waals surface area contributed by atoms with E-state index in [1.54, 1.807) is 7.05 Å². The van der Waals surface area contributed by atoms with Gasteiger partial charge in [-0.15, -0.1) is 0 Å². The SMILES string of the molecule is CNC(=O)[C@@H](C)N1CCN(Cc2cccc3ccccc23)CC1. The summed E-state index contributed by atoms with van der Waals surface area (Å²) in [7, 11) is 1.70. The Hall–Kier alpha value is -1.91. The van der Waals surface area contributed by atoms with Crippen molar-refractivity contribution in [2.24, 2.45) is 0 Å². The fraction of sp³-hybridized carbons (Fsp3) is 0.421. The zero-order valence-electron chi connectivity index (χ0n) is 14.0. The quantitative estimate of drug-likeness (QED) is 0.939. The van der Waals surface area contributed by atoms with E-state index in [4.69, 9.17) is 0 Å². The van der Waals surface area contributed by atoms with Crippen molar-refractivity contribution in [1.29, 1.82) is 0 Å². The molecule has 1 heterocycles. The van der Waals surface area contributed by atoms with E-state index < -0.39 is 0 Å². The fourth-order valence-electron chi connectivity index (χ4n) is 3.35. The van der Waals surface area contributed by atoms with E-state index in [0.29, 0.717) is 0 Å². The zero-order chi connectivity index (χ0) is 16.2. The predicted molar refractivity (Wildman–Crippen MR) is 94.3 cm³/mol. The summed E-state index contributed by atoms with van der Waals surface area (Å²) in [5.41, 5.74) is 1.39. The molecule has 0 aromatic heterocycles. The maximum atomic E-state index is 11.8. The molecule has 0 radical (unpaired) electrons. The maximum absolute atomic E-state index is 11.8. The third kappa shape index (κ3) is 3.54. The van der Waals surface area contributed by atoms with Gasteiger partial charge in [-0.2, -0.15) is 0 Å². The van der Waals surface area contributed by atoms with Gasteiger partial charge in [0.1, 0.15) is 0 Å². The molecule has 2 aromatic carbocycles. The molecule has 0 saturated carbocycles. The van der Waals surface area contributed by atoms with Gasteiger partial charge < -0.3 is 5.32 Å². The van der Waals surface area contributed by atoms with Crippen LogP contribution in [0.1, 0.15) is 12.5 Å². The van der Waals surface area contributed by atoms with Crippen molar-refractivity contribution in [1.82, 2.24) is 15.1 Å². The van der Waals surface area contributed by atoms with Crippen LogP contribution < -0.4 is 5.32 Å². The van der Waals surface area contributed by atoms with Gasteiger partial charge in [0, 0.05) is 39.8 Å². The average molecular weight is 311 g/mol. The van der Waals surface area contributed by atoms with Crippen molar-refractivity contribution in [3.63, 3.8) is 0 Å². The molecule has 0 unspecified atom stereocenters. The van der Waals surface area contributed by atoms with Crippen molar-refractivity contribution in [3.05, 3.63) is 48.0 Å². The van der Waals surface area contributed by atoms with E-state index >= 15 is 0 Å². The molecular formula is C19H25N3O. The molecule has 1 aliphatic heterocycles. The molecule has 1 aliphatic rings. The van der Waals surface area contributed by atoms with E-state index in [0.717, 1.165) is 32.7 Å². The van der Waals surface area contributed by atoms with Crippen LogP contribution in [0.4, 0.5) is 0 Å². The number of fused-ring (bicyclic) bond motifs is 1. The molecule has 122 valence electrons. The minimum absolute atomic E-state index is 0.0419. The van der Waals surface area contributed by atoms with Crippen molar-refractivity contribution < 1.29 is 4.79 Å². The number of hydrogen-bond donors (Lipinski definition) is 1. The second-order valence-electron chi connectivity index (χ2n) is 6.24. The van der Waals surface area contributed by atoms with Crippen LogP contribution in [0.15, 0.2) is 42.5 Å². The Bertz CT molecular complexity index is 672. The smallest absolute Gasteiger partial charge is 0.236 e. The van der Waals surface area contributed by atoms with Gasteiger partial charge in [0.2, 0.25) is 5.91 Å². The van der Waals surface area contributed by atoms with Crippen LogP contribution in [-0.2, 0) is 11.3 Å². The first-order chi connectivity index (χ1) is 11.2. The van der Waals surface area contributed by atoms with Gasteiger partial charge in [0.25, 0.3) is 0 Å². The summed E-state index contributed by atoms with van der Waals surface area (Å²) < 4.78 is 0. The van der Waals surface area contributed by atoms with Gasteiger partial charge in [0.15, 0.2) is 0 Å². The molecule has 1 fully saturated rings. The van der Waals surface area contributed by atoms with Gasteiger partial charge in [-0.25, -0.2) is 0 Å². The number of piperazine rings is 1. The lowest BCUT2D eigenvalue weighted by Crippen LogP contribution is -2.53. The van der Waals surface area contributed by atoms with Crippen molar-refractivity contribution in [2.75, 3.05) is 33.2 Å². The van der Waals surface area contributed by atoms with E-state index in [1.807, 2.05) is 6.92 Å². The molecule has 1 atom stereocenters. The summed E-state index contributed by atoms with van der Waals surface area (Å²) in [6.45, 7) is 6.86. The zero-order valence-corrected chi connectivity index (χ0v) is 14.0. The van der Waals surface area contributed by atoms with Gasteiger partial charge in [-0.05, 0) is 23.3 Å². The van der Waals surface area contributed by atoms with E-state index in [9.17, 15) is 4.79 Å². The first-order valence-electron chi connectivity index (χ1n) is 8.33. The summed E-state index contributed by atoms with van der Waals surface area (Å²) in [5, 5.41) is 5.39. The summed E-state index contributed by atoms with van der Waals surface area (Å²) in [5.74, 6) is 0.104. The van der Waals surface area contributed by atoms with Gasteiger partial charge in [-0.1, -0.05) is 42.5 Å². The molecule has 1 saturated heterocycles. The first kappa shape index (κ1) is 16.0. The van der Waals surface area contributed by atoms with Crippen LogP contribution in [0.3, 0.4) is 0 Å². The molecule has 1 amide bonds. The van der Waals surface area contributed by atoms with Gasteiger partial charge in [-0.3, -0.25) is 14.6 Å². The molecule has 0 bridgehead atoms. The molecule has 0 spiro atoms. The Morgan fingerprint density at radius 1 is 1.09 bits per heavy atom. The molecular weight excluding hydrogens is 286 g/mol. The Labute approximate surface area is 138 Å². The normalized spacial score (nSPS) is 18.0. The average Bonchev–Trinajstić information content (AvgIpc) is 2.61. The minimum atomic E-state index is -0.0419. The van der Waals surface area contributed by atoms with Crippen LogP contribution in [0.5, 0.6) is 0 Å². The number of nitrogens with zero attached hydrogens (tertiary/aromatic N) is 2. The molecule has 1 N–H and O–H groups in total. The van der Waals surface area contributed by atoms with Crippen molar-refractivity contribution in [2.45, 2.75) is 19.5 Å². The molecule has 0 aliphatic carbocycles. The predicted octanol–water partition coefficient (Wildman–Crippen LogP) is 2.09. The topological polar surface area (TPSA) is 35.6 Å². The Morgan fingerprint density at radius 3 is 2.52 bits per heavy atom. The summed E-state index contributed by atoms with van der Waals surface area (Å²) in [6, 6.07) is 15.1. The van der Waals surface area contributed by atoms with Crippen LogP contribution in [-0.4, -0.2) is 55.0 Å². The molecule has 23 heavy (non-hydrogen) atoms.